The Morgan fingerprint density at radius 1 is 1.20 bits per heavy atom. The van der Waals surface area contributed by atoms with Gasteiger partial charge in [0.2, 0.25) is 0 Å². The summed E-state index contributed by atoms with van der Waals surface area (Å²) < 4.78 is 5.63. The first-order valence-electron chi connectivity index (χ1n) is 6.93. The molecule has 0 spiro atoms. The Bertz CT molecular complexity index is 494. The van der Waals surface area contributed by atoms with Gasteiger partial charge in [0.25, 0.3) is 5.91 Å². The summed E-state index contributed by atoms with van der Waals surface area (Å²) in [6.45, 7) is 7.38. The second-order valence-electron chi connectivity index (χ2n) is 5.45. The third kappa shape index (κ3) is 3.42. The van der Waals surface area contributed by atoms with Gasteiger partial charge in [-0.2, -0.15) is 0 Å². The summed E-state index contributed by atoms with van der Waals surface area (Å²) in [6.07, 6.45) is 0. The maximum atomic E-state index is 12.1. The van der Waals surface area contributed by atoms with Gasteiger partial charge in [-0.25, -0.2) is 0 Å². The van der Waals surface area contributed by atoms with Gasteiger partial charge < -0.3 is 20.3 Å². The van der Waals surface area contributed by atoms with Crippen LogP contribution >= 0.6 is 0 Å². The molecule has 1 aliphatic heterocycles. The van der Waals surface area contributed by atoms with E-state index < -0.39 is 0 Å². The Morgan fingerprint density at radius 2 is 1.85 bits per heavy atom. The molecule has 2 N–H and O–H groups in total. The molecule has 0 bridgehead atoms. The molecule has 1 aliphatic rings. The second-order valence-corrected chi connectivity index (χ2v) is 5.45. The van der Waals surface area contributed by atoms with E-state index in [0.29, 0.717) is 11.4 Å². The van der Waals surface area contributed by atoms with Crippen LogP contribution in [0.15, 0.2) is 12.1 Å². The van der Waals surface area contributed by atoms with E-state index in [2.05, 4.69) is 11.9 Å². The summed E-state index contributed by atoms with van der Waals surface area (Å²) in [5.74, 6) is 0.729. The van der Waals surface area contributed by atoms with E-state index in [4.69, 9.17) is 10.5 Å². The van der Waals surface area contributed by atoms with Gasteiger partial charge in [-0.1, -0.05) is 6.07 Å². The van der Waals surface area contributed by atoms with Crippen molar-refractivity contribution in [3.63, 3.8) is 0 Å². The van der Waals surface area contributed by atoms with Crippen molar-refractivity contribution in [3.8, 4) is 5.75 Å². The van der Waals surface area contributed by atoms with E-state index in [1.54, 1.807) is 6.07 Å². The average Bonchev–Trinajstić information content (AvgIpc) is 2.42. The van der Waals surface area contributed by atoms with Crippen LogP contribution in [0, 0.1) is 13.8 Å². The molecule has 1 aromatic rings. The zero-order valence-corrected chi connectivity index (χ0v) is 12.5. The van der Waals surface area contributed by atoms with Crippen LogP contribution in [0.4, 0.5) is 5.69 Å². The number of hydrogen-bond acceptors (Lipinski definition) is 4. The van der Waals surface area contributed by atoms with Crippen LogP contribution in [-0.4, -0.2) is 55.5 Å². The molecule has 2 rings (SSSR count). The van der Waals surface area contributed by atoms with Crippen LogP contribution in [-0.2, 0) is 4.79 Å². The molecule has 0 radical (unpaired) electrons. The number of amides is 1. The number of nitrogens with two attached hydrogens (primary N) is 1. The fourth-order valence-electron chi connectivity index (χ4n) is 2.29. The molecular formula is C15H23N3O2. The molecule has 0 atom stereocenters. The SMILES string of the molecule is Cc1cc(C)c(OCC(=O)N2CCN(C)CC2)cc1N. The Labute approximate surface area is 120 Å². The summed E-state index contributed by atoms with van der Waals surface area (Å²) in [7, 11) is 2.07. The smallest absolute Gasteiger partial charge is 0.260 e. The van der Waals surface area contributed by atoms with Crippen molar-refractivity contribution >= 4 is 11.6 Å². The minimum atomic E-state index is 0.0386. The van der Waals surface area contributed by atoms with Crippen LogP contribution in [0.5, 0.6) is 5.75 Å². The molecule has 110 valence electrons. The number of aryl methyl sites for hydroxylation is 2. The minimum absolute atomic E-state index is 0.0386. The number of ether oxygens (including phenoxy) is 1. The van der Waals surface area contributed by atoms with Crippen LogP contribution in [0.1, 0.15) is 11.1 Å². The van der Waals surface area contributed by atoms with Gasteiger partial charge in [-0.05, 0) is 32.0 Å². The number of carbonyl (C=O) groups excluding carboxylic acids is 1. The highest BCUT2D eigenvalue weighted by molar-refractivity contribution is 5.78. The number of likely N-dealkylation sites (N-methyl/N-ethyl adjacent to an activating group) is 1. The van der Waals surface area contributed by atoms with Gasteiger partial charge in [0.15, 0.2) is 6.61 Å². The van der Waals surface area contributed by atoms with Crippen molar-refractivity contribution in [1.82, 2.24) is 9.80 Å². The lowest BCUT2D eigenvalue weighted by atomic mass is 10.1. The summed E-state index contributed by atoms with van der Waals surface area (Å²) in [4.78, 5) is 16.2. The zero-order chi connectivity index (χ0) is 14.7. The van der Waals surface area contributed by atoms with E-state index in [1.807, 2.05) is 24.8 Å². The molecule has 0 aliphatic carbocycles. The average molecular weight is 277 g/mol. The molecule has 1 aromatic carbocycles. The van der Waals surface area contributed by atoms with Gasteiger partial charge in [-0.3, -0.25) is 4.79 Å². The molecule has 0 unspecified atom stereocenters. The fourth-order valence-corrected chi connectivity index (χ4v) is 2.29. The molecule has 1 heterocycles. The minimum Gasteiger partial charge on any atom is -0.483 e. The number of piperazine rings is 1. The molecular weight excluding hydrogens is 254 g/mol. The van der Waals surface area contributed by atoms with Crippen LogP contribution < -0.4 is 10.5 Å². The number of nitrogens with zero attached hydrogens (tertiary/aromatic N) is 2. The van der Waals surface area contributed by atoms with Crippen molar-refractivity contribution in [3.05, 3.63) is 23.3 Å². The van der Waals surface area contributed by atoms with Crippen LogP contribution in [0.2, 0.25) is 0 Å². The number of nitrogen functional groups attached to an aromatic ring is 1. The zero-order valence-electron chi connectivity index (χ0n) is 12.5. The number of rotatable bonds is 3. The van der Waals surface area contributed by atoms with Crippen LogP contribution in [0.3, 0.4) is 0 Å². The summed E-state index contributed by atoms with van der Waals surface area (Å²) in [5, 5.41) is 0. The van der Waals surface area contributed by atoms with E-state index in [-0.39, 0.29) is 12.5 Å². The fraction of sp³-hybridized carbons (Fsp3) is 0.533. The highest BCUT2D eigenvalue weighted by Gasteiger charge is 2.19. The highest BCUT2D eigenvalue weighted by Crippen LogP contribution is 2.24. The van der Waals surface area contributed by atoms with Crippen molar-refractivity contribution in [2.45, 2.75) is 13.8 Å². The first kappa shape index (κ1) is 14.7. The van der Waals surface area contributed by atoms with Crippen molar-refractivity contribution < 1.29 is 9.53 Å². The normalized spacial score (nSPS) is 16.2. The Hall–Kier alpha value is -1.75. The predicted octanol–water partition coefficient (Wildman–Crippen LogP) is 1.04. The predicted molar refractivity (Wildman–Crippen MR) is 79.9 cm³/mol. The maximum Gasteiger partial charge on any atom is 0.260 e. The quantitative estimate of drug-likeness (QED) is 0.839. The van der Waals surface area contributed by atoms with Crippen LogP contribution in [0.25, 0.3) is 0 Å². The molecule has 1 saturated heterocycles. The first-order chi connectivity index (χ1) is 9.47. The van der Waals surface area contributed by atoms with Gasteiger partial charge >= 0.3 is 0 Å². The molecule has 20 heavy (non-hydrogen) atoms. The summed E-state index contributed by atoms with van der Waals surface area (Å²) >= 11 is 0. The molecule has 1 fully saturated rings. The van der Waals surface area contributed by atoms with E-state index in [1.165, 1.54) is 0 Å². The van der Waals surface area contributed by atoms with E-state index in [9.17, 15) is 4.79 Å². The lowest BCUT2D eigenvalue weighted by Crippen LogP contribution is -2.48. The van der Waals surface area contributed by atoms with Gasteiger partial charge in [0.05, 0.1) is 0 Å². The van der Waals surface area contributed by atoms with Gasteiger partial charge in [-0.15, -0.1) is 0 Å². The Balaban J connectivity index is 1.92. The largest absolute Gasteiger partial charge is 0.483 e. The lowest BCUT2D eigenvalue weighted by molar-refractivity contribution is -0.134. The van der Waals surface area contributed by atoms with Crippen molar-refractivity contribution in [2.24, 2.45) is 0 Å². The number of hydrogen-bond donors (Lipinski definition) is 1. The molecule has 0 aromatic heterocycles. The van der Waals surface area contributed by atoms with E-state index in [0.717, 1.165) is 37.3 Å². The summed E-state index contributed by atoms with van der Waals surface area (Å²) in [5.41, 5.74) is 8.60. The number of anilines is 1. The monoisotopic (exact) mass is 277 g/mol. The van der Waals surface area contributed by atoms with Crippen molar-refractivity contribution in [2.75, 3.05) is 45.6 Å². The van der Waals surface area contributed by atoms with E-state index >= 15 is 0 Å². The first-order valence-corrected chi connectivity index (χ1v) is 6.93. The number of carbonyl (C=O) groups is 1. The number of benzene rings is 1. The highest BCUT2D eigenvalue weighted by atomic mass is 16.5. The lowest BCUT2D eigenvalue weighted by Gasteiger charge is -2.32. The Kier molecular flexibility index (Phi) is 4.49. The molecule has 5 heteroatoms. The summed E-state index contributed by atoms with van der Waals surface area (Å²) in [6, 6.07) is 3.77. The third-order valence-corrected chi connectivity index (χ3v) is 3.77. The molecule has 0 saturated carbocycles. The molecule has 5 nitrogen and oxygen atoms in total. The topological polar surface area (TPSA) is 58.8 Å². The molecule has 1 amide bonds. The van der Waals surface area contributed by atoms with Gasteiger partial charge in [0.1, 0.15) is 5.75 Å². The van der Waals surface area contributed by atoms with Gasteiger partial charge in [0, 0.05) is 37.9 Å². The third-order valence-electron chi connectivity index (χ3n) is 3.77. The Morgan fingerprint density at radius 3 is 2.50 bits per heavy atom. The maximum absolute atomic E-state index is 12.1. The standard InChI is InChI=1S/C15H23N3O2/c1-11-8-12(2)14(9-13(11)16)20-10-15(19)18-6-4-17(3)5-7-18/h8-9H,4-7,10,16H2,1-3H3. The second kappa shape index (κ2) is 6.13. The van der Waals surface area contributed by atoms with Crippen molar-refractivity contribution in [1.29, 1.82) is 0 Å².